The first kappa shape index (κ1) is 10.7. The summed E-state index contributed by atoms with van der Waals surface area (Å²) in [5.74, 6) is -0.0960. The van der Waals surface area contributed by atoms with Gasteiger partial charge in [0.15, 0.2) is 5.75 Å². The van der Waals surface area contributed by atoms with Crippen LogP contribution in [0.1, 0.15) is 12.5 Å². The molecular weight excluding hydrogens is 200 g/mol. The summed E-state index contributed by atoms with van der Waals surface area (Å²) in [5, 5.41) is 9.84. The molecule has 0 atom stereocenters. The van der Waals surface area contributed by atoms with Gasteiger partial charge in [0.2, 0.25) is 0 Å². The van der Waals surface area contributed by atoms with E-state index in [1.165, 1.54) is 0 Å². The molecule has 1 aromatic carbocycles. The van der Waals surface area contributed by atoms with Crippen molar-refractivity contribution in [3.63, 3.8) is 0 Å². The van der Waals surface area contributed by atoms with Crippen LogP contribution in [-0.4, -0.2) is 18.5 Å². The van der Waals surface area contributed by atoms with Crippen LogP contribution in [0.5, 0.6) is 5.75 Å². The second-order valence-electron chi connectivity index (χ2n) is 2.73. The van der Waals surface area contributed by atoms with Gasteiger partial charge in [-0.25, -0.2) is 0 Å². The molecule has 1 aromatic rings. The second kappa shape index (κ2) is 4.24. The van der Waals surface area contributed by atoms with Crippen molar-refractivity contribution in [1.29, 1.82) is 0 Å². The summed E-state index contributed by atoms with van der Waals surface area (Å²) in [6, 6.07) is 1.66. The summed E-state index contributed by atoms with van der Waals surface area (Å²) in [6.07, 6.45) is 0.747. The van der Waals surface area contributed by atoms with Crippen LogP contribution in [0.15, 0.2) is 16.1 Å². The van der Waals surface area contributed by atoms with Gasteiger partial charge in [0.05, 0.1) is 10.7 Å². The molecule has 0 aliphatic heterocycles. The highest BCUT2D eigenvalue weighted by atomic mass is 35.5. The number of aryl methyl sites for hydroxylation is 1. The standard InChI is InChI=1S/C10H11ClN2O/c1-4-6-5-7(11)10(14)9(13-3)8(6)12-2/h5,14H,2-4H2,1H3. The zero-order chi connectivity index (χ0) is 10.7. The minimum absolute atomic E-state index is 0.0960. The van der Waals surface area contributed by atoms with Crippen LogP contribution in [0.25, 0.3) is 0 Å². The van der Waals surface area contributed by atoms with Crippen molar-refractivity contribution in [1.82, 2.24) is 0 Å². The van der Waals surface area contributed by atoms with Crippen LogP contribution >= 0.6 is 11.6 Å². The Bertz CT molecular complexity index is 388. The van der Waals surface area contributed by atoms with Gasteiger partial charge in [0, 0.05) is 0 Å². The maximum atomic E-state index is 9.58. The molecular formula is C10H11ClN2O. The molecule has 1 N–H and O–H groups in total. The monoisotopic (exact) mass is 210 g/mol. The van der Waals surface area contributed by atoms with Gasteiger partial charge in [-0.1, -0.05) is 18.5 Å². The molecule has 0 aliphatic rings. The van der Waals surface area contributed by atoms with Crippen molar-refractivity contribution < 1.29 is 5.11 Å². The summed E-state index contributed by atoms with van der Waals surface area (Å²) < 4.78 is 0. The number of benzene rings is 1. The van der Waals surface area contributed by atoms with E-state index in [4.69, 9.17) is 11.6 Å². The van der Waals surface area contributed by atoms with Gasteiger partial charge in [-0.05, 0) is 31.5 Å². The zero-order valence-corrected chi connectivity index (χ0v) is 8.67. The molecule has 4 heteroatoms. The van der Waals surface area contributed by atoms with Crippen molar-refractivity contribution in [3.8, 4) is 5.75 Å². The lowest BCUT2D eigenvalue weighted by molar-refractivity contribution is 0.477. The van der Waals surface area contributed by atoms with Crippen LogP contribution in [-0.2, 0) is 6.42 Å². The van der Waals surface area contributed by atoms with E-state index in [9.17, 15) is 5.11 Å². The highest BCUT2D eigenvalue weighted by molar-refractivity contribution is 6.32. The Balaban J connectivity index is 3.57. The average Bonchev–Trinajstić information content (AvgIpc) is 2.20. The van der Waals surface area contributed by atoms with Crippen LogP contribution < -0.4 is 0 Å². The van der Waals surface area contributed by atoms with E-state index in [-0.39, 0.29) is 10.8 Å². The molecule has 0 heterocycles. The Morgan fingerprint density at radius 1 is 1.36 bits per heavy atom. The molecule has 0 aliphatic carbocycles. The number of hydrogen-bond acceptors (Lipinski definition) is 3. The summed E-state index contributed by atoms with van der Waals surface area (Å²) in [5.41, 5.74) is 1.74. The number of hydrogen-bond donors (Lipinski definition) is 1. The van der Waals surface area contributed by atoms with E-state index in [0.29, 0.717) is 11.4 Å². The maximum Gasteiger partial charge on any atom is 0.162 e. The topological polar surface area (TPSA) is 45.0 Å². The third-order valence-corrected chi connectivity index (χ3v) is 2.27. The number of aliphatic imine (C=N–C) groups is 2. The Morgan fingerprint density at radius 3 is 2.36 bits per heavy atom. The minimum atomic E-state index is -0.0960. The molecule has 74 valence electrons. The van der Waals surface area contributed by atoms with Gasteiger partial charge in [-0.2, -0.15) is 0 Å². The van der Waals surface area contributed by atoms with E-state index in [2.05, 4.69) is 23.4 Å². The van der Waals surface area contributed by atoms with E-state index in [1.807, 2.05) is 6.92 Å². The molecule has 0 spiro atoms. The number of nitrogens with zero attached hydrogens (tertiary/aromatic N) is 2. The molecule has 0 bridgehead atoms. The number of phenols is 1. The fourth-order valence-corrected chi connectivity index (χ4v) is 1.48. The van der Waals surface area contributed by atoms with E-state index >= 15 is 0 Å². The lowest BCUT2D eigenvalue weighted by Gasteiger charge is -2.09. The van der Waals surface area contributed by atoms with Gasteiger partial charge in [-0.15, -0.1) is 0 Å². The third-order valence-electron chi connectivity index (χ3n) is 1.98. The molecule has 0 fully saturated rings. The SMILES string of the molecule is C=Nc1c(CC)cc(Cl)c(O)c1N=C. The summed E-state index contributed by atoms with van der Waals surface area (Å²) in [6.45, 7) is 8.75. The Kier molecular flexibility index (Phi) is 3.25. The molecule has 0 aromatic heterocycles. The highest BCUT2D eigenvalue weighted by Crippen LogP contribution is 2.44. The van der Waals surface area contributed by atoms with E-state index < -0.39 is 0 Å². The fourth-order valence-electron chi connectivity index (χ4n) is 1.26. The van der Waals surface area contributed by atoms with Crippen LogP contribution in [0.4, 0.5) is 11.4 Å². The predicted molar refractivity (Wildman–Crippen MR) is 60.9 cm³/mol. The van der Waals surface area contributed by atoms with Crippen LogP contribution in [0.2, 0.25) is 5.02 Å². The summed E-state index contributed by atoms with van der Waals surface area (Å²) >= 11 is 5.81. The molecule has 0 radical (unpaired) electrons. The van der Waals surface area contributed by atoms with Crippen molar-refractivity contribution in [3.05, 3.63) is 16.7 Å². The highest BCUT2D eigenvalue weighted by Gasteiger charge is 2.13. The average molecular weight is 211 g/mol. The van der Waals surface area contributed by atoms with Crippen molar-refractivity contribution in [2.75, 3.05) is 0 Å². The Labute approximate surface area is 87.8 Å². The van der Waals surface area contributed by atoms with Gasteiger partial charge >= 0.3 is 0 Å². The third kappa shape index (κ3) is 1.63. The zero-order valence-electron chi connectivity index (χ0n) is 7.92. The maximum absolute atomic E-state index is 9.58. The lowest BCUT2D eigenvalue weighted by atomic mass is 10.1. The first-order valence-corrected chi connectivity index (χ1v) is 4.51. The number of aromatic hydroxyl groups is 1. The summed E-state index contributed by atoms with van der Waals surface area (Å²) in [4.78, 5) is 7.50. The Hall–Kier alpha value is -1.35. The van der Waals surface area contributed by atoms with Gasteiger partial charge in [0.1, 0.15) is 5.69 Å². The first-order valence-electron chi connectivity index (χ1n) is 4.13. The van der Waals surface area contributed by atoms with Crippen molar-refractivity contribution in [2.45, 2.75) is 13.3 Å². The molecule has 14 heavy (non-hydrogen) atoms. The number of rotatable bonds is 3. The molecule has 3 nitrogen and oxygen atoms in total. The van der Waals surface area contributed by atoms with Crippen molar-refractivity contribution in [2.24, 2.45) is 9.98 Å². The van der Waals surface area contributed by atoms with Gasteiger partial charge in [-0.3, -0.25) is 9.98 Å². The van der Waals surface area contributed by atoms with Gasteiger partial charge in [0.25, 0.3) is 0 Å². The second-order valence-corrected chi connectivity index (χ2v) is 3.14. The molecule has 0 unspecified atom stereocenters. The smallest absolute Gasteiger partial charge is 0.162 e. The van der Waals surface area contributed by atoms with Crippen LogP contribution in [0, 0.1) is 0 Å². The van der Waals surface area contributed by atoms with Crippen molar-refractivity contribution >= 4 is 36.4 Å². The molecule has 0 amide bonds. The van der Waals surface area contributed by atoms with E-state index in [0.717, 1.165) is 12.0 Å². The molecule has 1 rings (SSSR count). The van der Waals surface area contributed by atoms with E-state index in [1.54, 1.807) is 6.07 Å². The lowest BCUT2D eigenvalue weighted by Crippen LogP contribution is -1.83. The number of halogens is 1. The number of phenolic OH excluding ortho intramolecular Hbond substituents is 1. The molecule has 0 saturated heterocycles. The summed E-state index contributed by atoms with van der Waals surface area (Å²) in [7, 11) is 0. The quantitative estimate of drug-likeness (QED) is 0.765. The van der Waals surface area contributed by atoms with Gasteiger partial charge < -0.3 is 5.11 Å². The molecule has 0 saturated carbocycles. The first-order chi connectivity index (χ1) is 6.65. The van der Waals surface area contributed by atoms with Crippen LogP contribution in [0.3, 0.4) is 0 Å². The predicted octanol–water partition coefficient (Wildman–Crippen LogP) is 3.27. The Morgan fingerprint density at radius 2 is 1.93 bits per heavy atom. The minimum Gasteiger partial charge on any atom is -0.504 e. The normalized spacial score (nSPS) is 9.86. The fraction of sp³-hybridized carbons (Fsp3) is 0.200. The largest absolute Gasteiger partial charge is 0.504 e.